The van der Waals surface area contributed by atoms with Crippen LogP contribution in [0.3, 0.4) is 0 Å². The lowest BCUT2D eigenvalue weighted by Crippen LogP contribution is -2.56. The molecule has 94 valence electrons. The highest BCUT2D eigenvalue weighted by Gasteiger charge is 2.23. The van der Waals surface area contributed by atoms with E-state index in [2.05, 4.69) is 23.2 Å². The van der Waals surface area contributed by atoms with Crippen LogP contribution < -0.4 is 15.0 Å². The van der Waals surface area contributed by atoms with Gasteiger partial charge in [-0.1, -0.05) is 6.07 Å². The molecule has 17 heavy (non-hydrogen) atoms. The number of aliphatic hydroxyl groups is 1. The number of benzene rings is 1. The summed E-state index contributed by atoms with van der Waals surface area (Å²) in [6.07, 6.45) is 0. The Hall–Kier alpha value is -1.26. The fourth-order valence-electron chi connectivity index (χ4n) is 2.31. The van der Waals surface area contributed by atoms with Crippen molar-refractivity contribution in [2.24, 2.45) is 0 Å². The van der Waals surface area contributed by atoms with Gasteiger partial charge >= 0.3 is 0 Å². The molecule has 0 aromatic heterocycles. The normalized spacial score (nSPS) is 24.8. The molecule has 0 aliphatic carbocycles. The highest BCUT2D eigenvalue weighted by molar-refractivity contribution is 5.51. The minimum absolute atomic E-state index is 0.143. The summed E-state index contributed by atoms with van der Waals surface area (Å²) in [5.41, 5.74) is 1.15. The van der Waals surface area contributed by atoms with Gasteiger partial charge in [-0.05, 0) is 19.1 Å². The Labute approximate surface area is 102 Å². The van der Waals surface area contributed by atoms with Crippen molar-refractivity contribution < 1.29 is 9.84 Å². The summed E-state index contributed by atoms with van der Waals surface area (Å²) >= 11 is 0. The number of nitrogens with one attached hydrogen (secondary N) is 1. The average molecular weight is 236 g/mol. The van der Waals surface area contributed by atoms with E-state index in [4.69, 9.17) is 4.74 Å². The standard InChI is InChI=1S/C13H20N2O2/c1-10-7-15(8-11(9-16)14-10)12-4-3-5-13(6-12)17-2/h3-6,10-11,14,16H,7-9H2,1-2H3. The molecule has 1 saturated heterocycles. The van der Waals surface area contributed by atoms with Gasteiger partial charge in [0.1, 0.15) is 5.75 Å². The Morgan fingerprint density at radius 1 is 1.47 bits per heavy atom. The molecule has 1 aromatic carbocycles. The first-order chi connectivity index (χ1) is 8.22. The number of aliphatic hydroxyl groups excluding tert-OH is 1. The van der Waals surface area contributed by atoms with Crippen LogP contribution in [0, 0.1) is 0 Å². The number of nitrogens with zero attached hydrogens (tertiary/aromatic N) is 1. The predicted molar refractivity (Wildman–Crippen MR) is 68.7 cm³/mol. The van der Waals surface area contributed by atoms with E-state index in [0.29, 0.717) is 6.04 Å². The zero-order chi connectivity index (χ0) is 12.3. The van der Waals surface area contributed by atoms with E-state index < -0.39 is 0 Å². The second-order valence-electron chi connectivity index (χ2n) is 4.55. The monoisotopic (exact) mass is 236 g/mol. The average Bonchev–Trinajstić information content (AvgIpc) is 2.38. The lowest BCUT2D eigenvalue weighted by Gasteiger charge is -2.38. The number of rotatable bonds is 3. The first kappa shape index (κ1) is 12.2. The number of hydrogen-bond donors (Lipinski definition) is 2. The minimum Gasteiger partial charge on any atom is -0.497 e. The summed E-state index contributed by atoms with van der Waals surface area (Å²) in [6, 6.07) is 8.58. The Balaban J connectivity index is 2.14. The molecule has 1 heterocycles. The zero-order valence-corrected chi connectivity index (χ0v) is 10.4. The molecule has 0 spiro atoms. The van der Waals surface area contributed by atoms with Crippen molar-refractivity contribution in [3.05, 3.63) is 24.3 Å². The maximum atomic E-state index is 9.26. The van der Waals surface area contributed by atoms with Gasteiger partial charge in [0, 0.05) is 36.9 Å². The van der Waals surface area contributed by atoms with Gasteiger partial charge in [-0.15, -0.1) is 0 Å². The third-order valence-corrected chi connectivity index (χ3v) is 3.09. The number of anilines is 1. The second-order valence-corrected chi connectivity index (χ2v) is 4.55. The van der Waals surface area contributed by atoms with Crippen molar-refractivity contribution in [1.29, 1.82) is 0 Å². The summed E-state index contributed by atoms with van der Waals surface area (Å²) in [6.45, 7) is 4.08. The SMILES string of the molecule is COc1cccc(N2CC(C)NC(CO)C2)c1. The van der Waals surface area contributed by atoms with Crippen LogP contribution in [0.4, 0.5) is 5.69 Å². The zero-order valence-electron chi connectivity index (χ0n) is 10.4. The molecule has 1 aliphatic rings. The Kier molecular flexibility index (Phi) is 3.86. The number of methoxy groups -OCH3 is 1. The van der Waals surface area contributed by atoms with Gasteiger partial charge in [0.05, 0.1) is 13.7 Å². The second kappa shape index (κ2) is 5.38. The summed E-state index contributed by atoms with van der Waals surface area (Å²) in [5, 5.41) is 12.6. The van der Waals surface area contributed by atoms with Crippen molar-refractivity contribution in [2.75, 3.05) is 31.7 Å². The minimum atomic E-state index is 0.143. The third-order valence-electron chi connectivity index (χ3n) is 3.09. The molecule has 2 unspecified atom stereocenters. The van der Waals surface area contributed by atoms with Crippen LogP contribution >= 0.6 is 0 Å². The van der Waals surface area contributed by atoms with Crippen LogP contribution in [0.2, 0.25) is 0 Å². The molecule has 1 aliphatic heterocycles. The maximum absolute atomic E-state index is 9.26. The number of ether oxygens (including phenoxy) is 1. The molecule has 0 bridgehead atoms. The van der Waals surface area contributed by atoms with Gasteiger partial charge in [-0.25, -0.2) is 0 Å². The van der Waals surface area contributed by atoms with Gasteiger partial charge < -0.3 is 20.1 Å². The smallest absolute Gasteiger partial charge is 0.120 e. The summed E-state index contributed by atoms with van der Waals surface area (Å²) in [4.78, 5) is 2.28. The van der Waals surface area contributed by atoms with Crippen molar-refractivity contribution >= 4 is 5.69 Å². The highest BCUT2D eigenvalue weighted by Crippen LogP contribution is 2.22. The molecule has 0 saturated carbocycles. The molecule has 1 fully saturated rings. The van der Waals surface area contributed by atoms with Crippen molar-refractivity contribution in [3.63, 3.8) is 0 Å². The highest BCUT2D eigenvalue weighted by atomic mass is 16.5. The summed E-state index contributed by atoms with van der Waals surface area (Å²) in [7, 11) is 1.68. The van der Waals surface area contributed by atoms with E-state index in [0.717, 1.165) is 24.5 Å². The van der Waals surface area contributed by atoms with E-state index in [1.165, 1.54) is 0 Å². The van der Waals surface area contributed by atoms with Crippen LogP contribution in [0.1, 0.15) is 6.92 Å². The summed E-state index contributed by atoms with van der Waals surface area (Å²) < 4.78 is 5.23. The Bertz CT molecular complexity index is 370. The molecule has 4 heteroatoms. The molecule has 1 aromatic rings. The Morgan fingerprint density at radius 3 is 3.00 bits per heavy atom. The molecule has 0 amide bonds. The van der Waals surface area contributed by atoms with Crippen LogP contribution in [-0.2, 0) is 0 Å². The van der Waals surface area contributed by atoms with E-state index in [1.807, 2.05) is 18.2 Å². The van der Waals surface area contributed by atoms with Gasteiger partial charge in [0.25, 0.3) is 0 Å². The largest absolute Gasteiger partial charge is 0.497 e. The number of hydrogen-bond acceptors (Lipinski definition) is 4. The molecule has 2 N–H and O–H groups in total. The van der Waals surface area contributed by atoms with Crippen molar-refractivity contribution in [1.82, 2.24) is 5.32 Å². The molecule has 0 radical (unpaired) electrons. The predicted octanol–water partition coefficient (Wildman–Crippen LogP) is 0.854. The lowest BCUT2D eigenvalue weighted by atomic mass is 10.1. The van der Waals surface area contributed by atoms with Gasteiger partial charge in [-0.3, -0.25) is 0 Å². The van der Waals surface area contributed by atoms with Gasteiger partial charge in [0.15, 0.2) is 0 Å². The van der Waals surface area contributed by atoms with E-state index in [1.54, 1.807) is 7.11 Å². The topological polar surface area (TPSA) is 44.7 Å². The molecule has 2 rings (SSSR count). The van der Waals surface area contributed by atoms with Crippen molar-refractivity contribution in [3.8, 4) is 5.75 Å². The number of piperazine rings is 1. The molecule has 4 nitrogen and oxygen atoms in total. The van der Waals surface area contributed by atoms with Crippen LogP contribution in [0.5, 0.6) is 5.75 Å². The third kappa shape index (κ3) is 2.90. The first-order valence-electron chi connectivity index (χ1n) is 5.99. The van der Waals surface area contributed by atoms with E-state index in [9.17, 15) is 5.11 Å². The molecular weight excluding hydrogens is 216 g/mol. The van der Waals surface area contributed by atoms with Crippen LogP contribution in [-0.4, -0.2) is 44.0 Å². The summed E-state index contributed by atoms with van der Waals surface area (Å²) in [5.74, 6) is 0.870. The Morgan fingerprint density at radius 2 is 2.29 bits per heavy atom. The fraction of sp³-hybridized carbons (Fsp3) is 0.538. The van der Waals surface area contributed by atoms with Crippen LogP contribution in [0.25, 0.3) is 0 Å². The van der Waals surface area contributed by atoms with Gasteiger partial charge in [0.2, 0.25) is 0 Å². The van der Waals surface area contributed by atoms with Crippen LogP contribution in [0.15, 0.2) is 24.3 Å². The maximum Gasteiger partial charge on any atom is 0.120 e. The molecular formula is C13H20N2O2. The van der Waals surface area contributed by atoms with Gasteiger partial charge in [-0.2, -0.15) is 0 Å². The first-order valence-corrected chi connectivity index (χ1v) is 5.99. The van der Waals surface area contributed by atoms with Crippen molar-refractivity contribution in [2.45, 2.75) is 19.0 Å². The fourth-order valence-corrected chi connectivity index (χ4v) is 2.31. The van der Waals surface area contributed by atoms with E-state index >= 15 is 0 Å². The molecule has 2 atom stereocenters. The quantitative estimate of drug-likeness (QED) is 0.817. The van der Waals surface area contributed by atoms with E-state index in [-0.39, 0.29) is 12.6 Å². The lowest BCUT2D eigenvalue weighted by molar-refractivity contribution is 0.221.